The van der Waals surface area contributed by atoms with Gasteiger partial charge in [-0.15, -0.1) is 5.10 Å². The average molecular weight is 254 g/mol. The third-order valence-corrected chi connectivity index (χ3v) is 4.63. The minimum absolute atomic E-state index is 0.00314. The van der Waals surface area contributed by atoms with E-state index in [1.54, 1.807) is 11.8 Å². The lowest BCUT2D eigenvalue weighted by atomic mass is 10.1. The second-order valence-corrected chi connectivity index (χ2v) is 5.94. The molecule has 0 saturated heterocycles. The smallest absolute Gasteiger partial charge is 0.303 e. The molecule has 0 atom stereocenters. The Balaban J connectivity index is 1.60. The molecule has 17 heavy (non-hydrogen) atoms. The van der Waals surface area contributed by atoms with Crippen molar-refractivity contribution < 1.29 is 9.90 Å². The molecular weight excluding hydrogens is 240 g/mol. The van der Waals surface area contributed by atoms with E-state index in [1.165, 1.54) is 0 Å². The summed E-state index contributed by atoms with van der Waals surface area (Å²) in [7, 11) is 0. The number of rotatable bonds is 6. The lowest BCUT2D eigenvalue weighted by Gasteiger charge is -2.10. The molecule has 1 aromatic heterocycles. The van der Waals surface area contributed by atoms with Crippen molar-refractivity contribution in [3.8, 4) is 0 Å². The zero-order valence-corrected chi connectivity index (χ0v) is 10.2. The molecule has 1 aromatic rings. The Kier molecular flexibility index (Phi) is 2.57. The lowest BCUT2D eigenvalue weighted by Crippen LogP contribution is -2.11. The van der Waals surface area contributed by atoms with Gasteiger partial charge in [-0.1, -0.05) is 11.8 Å². The molecule has 0 aliphatic heterocycles. The largest absolute Gasteiger partial charge is 0.481 e. The van der Waals surface area contributed by atoms with Gasteiger partial charge in [0.1, 0.15) is 0 Å². The van der Waals surface area contributed by atoms with Crippen molar-refractivity contribution in [2.24, 2.45) is 5.41 Å². The van der Waals surface area contributed by atoms with Crippen LogP contribution in [0.3, 0.4) is 0 Å². The molecule has 2 saturated carbocycles. The molecule has 0 unspecified atom stereocenters. The van der Waals surface area contributed by atoms with Crippen LogP contribution >= 0.6 is 11.8 Å². The monoisotopic (exact) mass is 254 g/mol. The van der Waals surface area contributed by atoms with Gasteiger partial charge in [0.2, 0.25) is 5.16 Å². The molecule has 6 nitrogen and oxygen atoms in total. The van der Waals surface area contributed by atoms with Crippen molar-refractivity contribution in [3.05, 3.63) is 0 Å². The van der Waals surface area contributed by atoms with Crippen molar-refractivity contribution >= 4 is 17.7 Å². The fraction of sp³-hybridized carbons (Fsp3) is 0.800. The van der Waals surface area contributed by atoms with Crippen LogP contribution in [0.15, 0.2) is 5.16 Å². The summed E-state index contributed by atoms with van der Waals surface area (Å²) >= 11 is 1.60. The van der Waals surface area contributed by atoms with Crippen molar-refractivity contribution in [1.82, 2.24) is 20.2 Å². The molecule has 0 spiro atoms. The summed E-state index contributed by atoms with van der Waals surface area (Å²) in [6, 6.07) is 0.474. The van der Waals surface area contributed by atoms with E-state index in [2.05, 4.69) is 15.5 Å². The molecule has 0 radical (unpaired) electrons. The van der Waals surface area contributed by atoms with Gasteiger partial charge >= 0.3 is 5.97 Å². The standard InChI is InChI=1S/C10H14N4O2S/c15-8(16)5-10(3-4-10)6-17-9-11-12-13-14(9)7-1-2-7/h7H,1-6H2,(H,15,16). The fourth-order valence-corrected chi connectivity index (χ4v) is 3.15. The first kappa shape index (κ1) is 11.0. The van der Waals surface area contributed by atoms with E-state index in [9.17, 15) is 4.79 Å². The van der Waals surface area contributed by atoms with Gasteiger partial charge in [-0.3, -0.25) is 4.79 Å². The van der Waals surface area contributed by atoms with E-state index in [0.717, 1.165) is 36.6 Å². The summed E-state index contributed by atoms with van der Waals surface area (Å²) in [5.74, 6) is 0.108. The summed E-state index contributed by atoms with van der Waals surface area (Å²) in [4.78, 5) is 10.7. The van der Waals surface area contributed by atoms with Gasteiger partial charge < -0.3 is 5.11 Å². The van der Waals surface area contributed by atoms with Crippen molar-refractivity contribution in [1.29, 1.82) is 0 Å². The molecule has 0 aromatic carbocycles. The second kappa shape index (κ2) is 3.97. The van der Waals surface area contributed by atoms with Crippen LogP contribution in [0.5, 0.6) is 0 Å². The SMILES string of the molecule is O=C(O)CC1(CSc2nnnn2C2CC2)CC1. The summed E-state index contributed by atoms with van der Waals surface area (Å²) < 4.78 is 1.88. The van der Waals surface area contributed by atoms with Crippen molar-refractivity contribution in [2.45, 2.75) is 43.3 Å². The molecule has 0 amide bonds. The van der Waals surface area contributed by atoms with E-state index in [0.29, 0.717) is 6.04 Å². The first-order valence-corrected chi connectivity index (χ1v) is 6.80. The Bertz CT molecular complexity index is 439. The molecular formula is C10H14N4O2S. The van der Waals surface area contributed by atoms with Crippen LogP contribution in [0.4, 0.5) is 0 Å². The van der Waals surface area contributed by atoms with Gasteiger partial charge in [-0.2, -0.15) is 0 Å². The molecule has 3 rings (SSSR count). The van der Waals surface area contributed by atoms with E-state index in [-0.39, 0.29) is 11.8 Å². The van der Waals surface area contributed by atoms with Crippen LogP contribution in [-0.2, 0) is 4.79 Å². The molecule has 1 heterocycles. The highest BCUT2D eigenvalue weighted by molar-refractivity contribution is 7.99. The number of aromatic nitrogens is 4. The normalized spacial score (nSPS) is 21.4. The average Bonchev–Trinajstić information content (AvgIpc) is 3.19. The molecule has 92 valence electrons. The number of carboxylic acids is 1. The van der Waals surface area contributed by atoms with Gasteiger partial charge in [0, 0.05) is 5.75 Å². The highest BCUT2D eigenvalue weighted by Crippen LogP contribution is 2.52. The first-order valence-electron chi connectivity index (χ1n) is 5.81. The number of carbonyl (C=O) groups is 1. The Morgan fingerprint density at radius 1 is 1.53 bits per heavy atom. The van der Waals surface area contributed by atoms with E-state index >= 15 is 0 Å². The van der Waals surface area contributed by atoms with Gasteiger partial charge in [-0.25, -0.2) is 4.68 Å². The highest BCUT2D eigenvalue weighted by Gasteiger charge is 2.44. The number of nitrogens with zero attached hydrogens (tertiary/aromatic N) is 4. The Hall–Kier alpha value is -1.11. The van der Waals surface area contributed by atoms with Gasteiger partial charge in [-0.05, 0) is 41.5 Å². The first-order chi connectivity index (χ1) is 8.19. The summed E-state index contributed by atoms with van der Waals surface area (Å²) in [6.07, 6.45) is 4.59. The number of tetrazole rings is 1. The number of hydrogen-bond acceptors (Lipinski definition) is 5. The lowest BCUT2D eigenvalue weighted by molar-refractivity contribution is -0.138. The molecule has 7 heteroatoms. The maximum absolute atomic E-state index is 10.7. The van der Waals surface area contributed by atoms with Gasteiger partial charge in [0.15, 0.2) is 0 Å². The van der Waals surface area contributed by atoms with Crippen LogP contribution in [0.25, 0.3) is 0 Å². The zero-order valence-electron chi connectivity index (χ0n) is 9.37. The van der Waals surface area contributed by atoms with Crippen molar-refractivity contribution in [3.63, 3.8) is 0 Å². The second-order valence-electron chi connectivity index (χ2n) is 5.00. The summed E-state index contributed by atoms with van der Waals surface area (Å²) in [5.41, 5.74) is -0.00314. The number of hydrogen-bond donors (Lipinski definition) is 1. The highest BCUT2D eigenvalue weighted by atomic mass is 32.2. The van der Waals surface area contributed by atoms with Crippen LogP contribution in [0.2, 0.25) is 0 Å². The summed E-state index contributed by atoms with van der Waals surface area (Å²) in [5, 5.41) is 21.4. The van der Waals surface area contributed by atoms with Gasteiger partial charge in [0.05, 0.1) is 12.5 Å². The number of thioether (sulfide) groups is 1. The van der Waals surface area contributed by atoms with E-state index in [1.807, 2.05) is 4.68 Å². The van der Waals surface area contributed by atoms with Crippen LogP contribution in [0.1, 0.15) is 38.1 Å². The minimum Gasteiger partial charge on any atom is -0.481 e. The number of aliphatic carboxylic acids is 1. The molecule has 2 fully saturated rings. The molecule has 2 aliphatic carbocycles. The predicted molar refractivity (Wildman–Crippen MR) is 60.7 cm³/mol. The molecule has 1 N–H and O–H groups in total. The van der Waals surface area contributed by atoms with Crippen molar-refractivity contribution in [2.75, 3.05) is 5.75 Å². The molecule has 0 bridgehead atoms. The Labute approximate surface area is 103 Å². The Morgan fingerprint density at radius 3 is 2.88 bits per heavy atom. The maximum Gasteiger partial charge on any atom is 0.303 e. The van der Waals surface area contributed by atoms with E-state index in [4.69, 9.17) is 5.11 Å². The fourth-order valence-electron chi connectivity index (χ4n) is 1.92. The van der Waals surface area contributed by atoms with Crippen LogP contribution in [0, 0.1) is 5.41 Å². The predicted octanol–water partition coefficient (Wildman–Crippen LogP) is 1.35. The van der Waals surface area contributed by atoms with Gasteiger partial charge in [0.25, 0.3) is 0 Å². The van der Waals surface area contributed by atoms with Crippen LogP contribution in [-0.4, -0.2) is 37.0 Å². The zero-order chi connectivity index (χ0) is 11.9. The topological polar surface area (TPSA) is 80.9 Å². The minimum atomic E-state index is -0.704. The molecule has 2 aliphatic rings. The third kappa shape index (κ3) is 2.43. The maximum atomic E-state index is 10.7. The quantitative estimate of drug-likeness (QED) is 0.772. The third-order valence-electron chi connectivity index (χ3n) is 3.35. The summed E-state index contributed by atoms with van der Waals surface area (Å²) in [6.45, 7) is 0. The van der Waals surface area contributed by atoms with E-state index < -0.39 is 5.97 Å². The Morgan fingerprint density at radius 2 is 2.29 bits per heavy atom. The van der Waals surface area contributed by atoms with Crippen LogP contribution < -0.4 is 0 Å². The number of carboxylic acid groups (broad SMARTS) is 1.